The van der Waals surface area contributed by atoms with E-state index in [1.165, 1.54) is 0 Å². The zero-order valence-corrected chi connectivity index (χ0v) is 10.3. The molecule has 0 radical (unpaired) electrons. The molecule has 0 saturated carbocycles. The monoisotopic (exact) mass is 223 g/mol. The third-order valence-electron chi connectivity index (χ3n) is 2.07. The Bertz CT molecular complexity index is 164. The van der Waals surface area contributed by atoms with Gasteiger partial charge in [-0.2, -0.15) is 11.8 Å². The predicted octanol–water partition coefficient (Wildman–Crippen LogP) is 2.21. The number of amides is 1. The minimum atomic E-state index is -0.416. The van der Waals surface area contributed by atoms with Gasteiger partial charge in [0.1, 0.15) is 5.38 Å². The molecule has 2 unspecified atom stereocenters. The van der Waals surface area contributed by atoms with Crippen LogP contribution in [-0.2, 0) is 4.79 Å². The van der Waals surface area contributed by atoms with Crippen molar-refractivity contribution in [3.8, 4) is 0 Å². The van der Waals surface area contributed by atoms with Crippen LogP contribution in [0.1, 0.15) is 20.3 Å². The van der Waals surface area contributed by atoms with Crippen molar-refractivity contribution < 1.29 is 4.79 Å². The van der Waals surface area contributed by atoms with Crippen molar-refractivity contribution in [2.45, 2.75) is 31.7 Å². The Morgan fingerprint density at radius 1 is 1.62 bits per heavy atom. The van der Waals surface area contributed by atoms with Gasteiger partial charge in [-0.1, -0.05) is 6.92 Å². The van der Waals surface area contributed by atoms with Gasteiger partial charge in [0.25, 0.3) is 0 Å². The minimum absolute atomic E-state index is 0.0163. The van der Waals surface area contributed by atoms with E-state index in [9.17, 15) is 4.79 Å². The smallest absolute Gasteiger partial charge is 0.240 e. The van der Waals surface area contributed by atoms with E-state index in [0.717, 1.165) is 12.2 Å². The zero-order chi connectivity index (χ0) is 10.4. The topological polar surface area (TPSA) is 20.3 Å². The number of nitrogens with zero attached hydrogens (tertiary/aromatic N) is 1. The van der Waals surface area contributed by atoms with E-state index in [1.54, 1.807) is 23.6 Å². The fraction of sp³-hybridized carbons (Fsp3) is 0.889. The number of rotatable bonds is 5. The van der Waals surface area contributed by atoms with Crippen molar-refractivity contribution in [1.82, 2.24) is 4.90 Å². The van der Waals surface area contributed by atoms with E-state index in [4.69, 9.17) is 11.6 Å². The molecule has 0 aromatic rings. The molecule has 13 heavy (non-hydrogen) atoms. The fourth-order valence-corrected chi connectivity index (χ4v) is 2.15. The summed E-state index contributed by atoms with van der Waals surface area (Å²) in [6, 6.07) is 0.309. The van der Waals surface area contributed by atoms with Crippen molar-refractivity contribution in [3.63, 3.8) is 0 Å². The van der Waals surface area contributed by atoms with E-state index in [0.29, 0.717) is 6.04 Å². The molecule has 78 valence electrons. The Balaban J connectivity index is 4.18. The van der Waals surface area contributed by atoms with Crippen LogP contribution >= 0.6 is 23.4 Å². The van der Waals surface area contributed by atoms with E-state index < -0.39 is 5.38 Å². The molecule has 0 bridgehead atoms. The summed E-state index contributed by atoms with van der Waals surface area (Å²) in [5, 5.41) is -0.416. The molecule has 0 aromatic carbocycles. The highest BCUT2D eigenvalue weighted by Gasteiger charge is 2.20. The van der Waals surface area contributed by atoms with Crippen LogP contribution < -0.4 is 0 Å². The first kappa shape index (κ1) is 13.1. The normalized spacial score (nSPS) is 15.2. The molecule has 0 aliphatic carbocycles. The largest absolute Gasteiger partial charge is 0.341 e. The molecule has 0 aromatic heterocycles. The summed E-state index contributed by atoms with van der Waals surface area (Å²) in [6.45, 7) is 3.80. The number of alkyl halides is 1. The second kappa shape index (κ2) is 6.55. The highest BCUT2D eigenvalue weighted by molar-refractivity contribution is 7.98. The van der Waals surface area contributed by atoms with Crippen molar-refractivity contribution >= 4 is 29.3 Å². The molecule has 0 aliphatic rings. The lowest BCUT2D eigenvalue weighted by Gasteiger charge is -2.27. The number of halogens is 1. The molecule has 0 saturated heterocycles. The molecule has 0 rings (SSSR count). The lowest BCUT2D eigenvalue weighted by molar-refractivity contribution is -0.130. The third-order valence-corrected chi connectivity index (χ3v) is 2.97. The minimum Gasteiger partial charge on any atom is -0.341 e. The van der Waals surface area contributed by atoms with Crippen LogP contribution in [0.4, 0.5) is 0 Å². The molecule has 0 fully saturated rings. The van der Waals surface area contributed by atoms with E-state index >= 15 is 0 Å². The lowest BCUT2D eigenvalue weighted by atomic mass is 10.2. The molecule has 2 nitrogen and oxygen atoms in total. The molecular formula is C9H18ClNOS. The van der Waals surface area contributed by atoms with Crippen LogP contribution in [0.3, 0.4) is 0 Å². The SMILES string of the molecule is CCC(CSC)N(C)C(=O)C(C)Cl. The van der Waals surface area contributed by atoms with Crippen molar-refractivity contribution in [3.05, 3.63) is 0 Å². The Morgan fingerprint density at radius 2 is 2.15 bits per heavy atom. The summed E-state index contributed by atoms with van der Waals surface area (Å²) in [4.78, 5) is 13.3. The van der Waals surface area contributed by atoms with Crippen LogP contribution in [-0.4, -0.2) is 41.3 Å². The average molecular weight is 224 g/mol. The van der Waals surface area contributed by atoms with Crippen molar-refractivity contribution in [2.75, 3.05) is 19.1 Å². The summed E-state index contributed by atoms with van der Waals surface area (Å²) in [5.41, 5.74) is 0. The Labute approximate surface area is 90.0 Å². The van der Waals surface area contributed by atoms with Crippen molar-refractivity contribution in [1.29, 1.82) is 0 Å². The Hall–Kier alpha value is 0.110. The van der Waals surface area contributed by atoms with Crippen molar-refractivity contribution in [2.24, 2.45) is 0 Å². The number of thioether (sulfide) groups is 1. The molecule has 2 atom stereocenters. The van der Waals surface area contributed by atoms with Gasteiger partial charge in [-0.05, 0) is 19.6 Å². The quantitative estimate of drug-likeness (QED) is 0.667. The van der Waals surface area contributed by atoms with E-state index in [-0.39, 0.29) is 5.91 Å². The summed E-state index contributed by atoms with van der Waals surface area (Å²) in [5.74, 6) is 0.991. The zero-order valence-electron chi connectivity index (χ0n) is 8.71. The van der Waals surface area contributed by atoms with Gasteiger partial charge >= 0.3 is 0 Å². The lowest BCUT2D eigenvalue weighted by Crippen LogP contribution is -2.41. The third kappa shape index (κ3) is 4.23. The van der Waals surface area contributed by atoms with E-state index in [2.05, 4.69) is 6.92 Å². The standard InChI is InChI=1S/C9H18ClNOS/c1-5-8(6-13-4)11(3)9(12)7(2)10/h7-8H,5-6H2,1-4H3. The number of carbonyl (C=O) groups excluding carboxylic acids is 1. The van der Waals surface area contributed by atoms with Gasteiger partial charge in [0, 0.05) is 18.8 Å². The molecule has 0 heterocycles. The second-order valence-electron chi connectivity index (χ2n) is 3.08. The summed E-state index contributed by atoms with van der Waals surface area (Å²) in [7, 11) is 1.82. The second-order valence-corrected chi connectivity index (χ2v) is 4.65. The highest BCUT2D eigenvalue weighted by Crippen LogP contribution is 2.11. The number of hydrogen-bond acceptors (Lipinski definition) is 2. The molecule has 1 amide bonds. The number of carbonyl (C=O) groups is 1. The van der Waals surface area contributed by atoms with Gasteiger partial charge in [-0.3, -0.25) is 4.79 Å². The maximum atomic E-state index is 11.5. The molecule has 4 heteroatoms. The summed E-state index contributed by atoms with van der Waals surface area (Å²) in [6.07, 6.45) is 3.03. The first-order chi connectivity index (χ1) is 6.04. The van der Waals surface area contributed by atoms with Gasteiger partial charge in [0.15, 0.2) is 0 Å². The predicted molar refractivity (Wildman–Crippen MR) is 60.5 cm³/mol. The summed E-state index contributed by atoms with van der Waals surface area (Å²) < 4.78 is 0. The molecule has 0 N–H and O–H groups in total. The molecular weight excluding hydrogens is 206 g/mol. The van der Waals surface area contributed by atoms with Gasteiger partial charge in [0.05, 0.1) is 0 Å². The van der Waals surface area contributed by atoms with Gasteiger partial charge in [-0.15, -0.1) is 11.6 Å². The Morgan fingerprint density at radius 3 is 2.46 bits per heavy atom. The highest BCUT2D eigenvalue weighted by atomic mass is 35.5. The number of hydrogen-bond donors (Lipinski definition) is 0. The first-order valence-corrected chi connectivity index (χ1v) is 6.27. The van der Waals surface area contributed by atoms with Gasteiger partial charge in [-0.25, -0.2) is 0 Å². The molecule has 0 aliphatic heterocycles. The van der Waals surface area contributed by atoms with Crippen LogP contribution in [0.5, 0.6) is 0 Å². The van der Waals surface area contributed by atoms with Crippen LogP contribution in [0.2, 0.25) is 0 Å². The maximum absolute atomic E-state index is 11.5. The van der Waals surface area contributed by atoms with Crippen LogP contribution in [0, 0.1) is 0 Å². The van der Waals surface area contributed by atoms with Crippen LogP contribution in [0.25, 0.3) is 0 Å². The maximum Gasteiger partial charge on any atom is 0.240 e. The van der Waals surface area contributed by atoms with Gasteiger partial charge in [0.2, 0.25) is 5.91 Å². The van der Waals surface area contributed by atoms with E-state index in [1.807, 2.05) is 13.3 Å². The fourth-order valence-electron chi connectivity index (χ4n) is 1.16. The Kier molecular flexibility index (Phi) is 6.60. The molecule has 0 spiro atoms. The van der Waals surface area contributed by atoms with Gasteiger partial charge < -0.3 is 4.90 Å². The first-order valence-electron chi connectivity index (χ1n) is 4.44. The van der Waals surface area contributed by atoms with Crippen LogP contribution in [0.15, 0.2) is 0 Å². The summed E-state index contributed by atoms with van der Waals surface area (Å²) >= 11 is 7.48. The average Bonchev–Trinajstić information content (AvgIpc) is 2.11.